The Balaban J connectivity index is 0. The molecule has 182 valence electrons. The molecule has 0 aliphatic carbocycles. The molecule has 0 spiro atoms. The van der Waals surface area contributed by atoms with Gasteiger partial charge in [0, 0.05) is 35.4 Å². The van der Waals surface area contributed by atoms with E-state index >= 15 is 0 Å². The Morgan fingerprint density at radius 3 is 1.81 bits per heavy atom. The standard InChI is InChI=1S/C13H8F3NOS.C4H10.C2H6O4.CH4O2/c14-10-5-8(6-11(15)12(10)16)17-13(18)7-2-1-3-9(19)4-7;1-3-4-2;1-6-2(3,4)5;1-3-2/h1-6,19H,(H,17,18);3-4H2,1-2H3;3-5H,1H3;2H,1H3. The second kappa shape index (κ2) is 17.4. The van der Waals surface area contributed by atoms with Crippen LogP contribution in [0.2, 0.25) is 0 Å². The maximum Gasteiger partial charge on any atom is 0.404 e. The van der Waals surface area contributed by atoms with Crippen LogP contribution < -0.4 is 5.32 Å². The van der Waals surface area contributed by atoms with E-state index < -0.39 is 29.5 Å². The van der Waals surface area contributed by atoms with Crippen molar-refractivity contribution in [3.05, 3.63) is 59.4 Å². The predicted octanol–water partition coefficient (Wildman–Crippen LogP) is 3.78. The van der Waals surface area contributed by atoms with Crippen LogP contribution in [0.25, 0.3) is 0 Å². The third kappa shape index (κ3) is 15.6. The van der Waals surface area contributed by atoms with Crippen molar-refractivity contribution < 1.29 is 48.2 Å². The molecule has 0 unspecified atom stereocenters. The molecule has 0 aliphatic heterocycles. The van der Waals surface area contributed by atoms with Gasteiger partial charge < -0.3 is 25.4 Å². The fourth-order valence-electron chi connectivity index (χ4n) is 1.48. The minimum atomic E-state index is -2.96. The molecule has 0 fully saturated rings. The zero-order valence-electron chi connectivity index (χ0n) is 18.0. The van der Waals surface area contributed by atoms with E-state index in [4.69, 9.17) is 20.6 Å². The Bertz CT molecular complexity index is 780. The quantitative estimate of drug-likeness (QED) is 0.128. The minimum Gasteiger partial charge on any atom is -0.322 e. The van der Waals surface area contributed by atoms with Crippen LogP contribution in [-0.4, -0.2) is 46.9 Å². The van der Waals surface area contributed by atoms with Gasteiger partial charge in [0.25, 0.3) is 5.91 Å². The molecule has 0 aliphatic rings. The molecule has 0 saturated heterocycles. The van der Waals surface area contributed by atoms with E-state index in [2.05, 4.69) is 41.4 Å². The van der Waals surface area contributed by atoms with Crippen molar-refractivity contribution in [1.29, 1.82) is 0 Å². The Morgan fingerprint density at radius 2 is 1.47 bits per heavy atom. The fourth-order valence-corrected chi connectivity index (χ4v) is 1.70. The summed E-state index contributed by atoms with van der Waals surface area (Å²) in [4.78, 5) is 15.6. The number of halogens is 3. The van der Waals surface area contributed by atoms with Crippen molar-refractivity contribution in [2.75, 3.05) is 19.5 Å². The number of hydrogen-bond donors (Lipinski definition) is 6. The predicted molar refractivity (Wildman–Crippen MR) is 115 cm³/mol. The smallest absolute Gasteiger partial charge is 0.322 e. The van der Waals surface area contributed by atoms with Gasteiger partial charge in [-0.1, -0.05) is 32.8 Å². The van der Waals surface area contributed by atoms with Crippen molar-refractivity contribution >= 4 is 24.2 Å². The number of benzene rings is 2. The highest BCUT2D eigenvalue weighted by atomic mass is 32.1. The summed E-state index contributed by atoms with van der Waals surface area (Å²) >= 11 is 4.07. The van der Waals surface area contributed by atoms with Crippen molar-refractivity contribution in [2.45, 2.75) is 37.7 Å². The topological polar surface area (TPSA) is 128 Å². The van der Waals surface area contributed by atoms with Gasteiger partial charge in [0.15, 0.2) is 17.5 Å². The molecule has 0 radical (unpaired) electrons. The molecule has 32 heavy (non-hydrogen) atoms. The average Bonchev–Trinajstić information content (AvgIpc) is 2.72. The monoisotopic (exact) mass is 483 g/mol. The molecule has 0 atom stereocenters. The molecule has 12 heteroatoms. The number of nitrogens with one attached hydrogen (secondary N) is 1. The summed E-state index contributed by atoms with van der Waals surface area (Å²) in [5, 5.41) is 32.5. The van der Waals surface area contributed by atoms with E-state index in [0.29, 0.717) is 17.0 Å². The summed E-state index contributed by atoms with van der Waals surface area (Å²) in [6, 6.07) is 7.72. The Labute approximate surface area is 189 Å². The average molecular weight is 484 g/mol. The number of aliphatic hydroxyl groups is 3. The maximum atomic E-state index is 13.0. The number of hydrogen-bond acceptors (Lipinski definition) is 8. The van der Waals surface area contributed by atoms with Crippen molar-refractivity contribution in [2.24, 2.45) is 0 Å². The number of rotatable bonds is 4. The van der Waals surface area contributed by atoms with Gasteiger partial charge in [-0.2, -0.15) is 0 Å². The third-order valence-electron chi connectivity index (χ3n) is 3.12. The zero-order valence-corrected chi connectivity index (χ0v) is 18.9. The third-order valence-corrected chi connectivity index (χ3v) is 3.40. The molecule has 0 aromatic heterocycles. The zero-order chi connectivity index (χ0) is 25.3. The summed E-state index contributed by atoms with van der Waals surface area (Å²) in [5.74, 6) is -4.87. The summed E-state index contributed by atoms with van der Waals surface area (Å²) in [7, 11) is 2.14. The van der Waals surface area contributed by atoms with E-state index in [0.717, 1.165) is 7.11 Å². The van der Waals surface area contributed by atoms with Gasteiger partial charge in [-0.15, -0.1) is 12.6 Å². The molecule has 8 nitrogen and oxygen atoms in total. The van der Waals surface area contributed by atoms with Gasteiger partial charge in [-0.25, -0.2) is 18.1 Å². The maximum absolute atomic E-state index is 13.0. The molecule has 2 rings (SSSR count). The van der Waals surface area contributed by atoms with Crippen LogP contribution in [0.4, 0.5) is 18.9 Å². The van der Waals surface area contributed by atoms with Crippen molar-refractivity contribution in [3.63, 3.8) is 0 Å². The highest BCUT2D eigenvalue weighted by Crippen LogP contribution is 2.18. The van der Waals surface area contributed by atoms with Crippen LogP contribution in [0.15, 0.2) is 41.3 Å². The lowest BCUT2D eigenvalue weighted by Crippen LogP contribution is -2.28. The molecule has 2 aromatic rings. The first kappa shape index (κ1) is 32.0. The van der Waals surface area contributed by atoms with Crippen LogP contribution in [0, 0.1) is 17.5 Å². The minimum absolute atomic E-state index is 0.161. The number of methoxy groups -OCH3 is 1. The highest BCUT2D eigenvalue weighted by molar-refractivity contribution is 7.80. The normalized spacial score (nSPS) is 9.88. The van der Waals surface area contributed by atoms with E-state index in [-0.39, 0.29) is 11.3 Å². The van der Waals surface area contributed by atoms with Crippen LogP contribution in [0.5, 0.6) is 0 Å². The van der Waals surface area contributed by atoms with Gasteiger partial charge >= 0.3 is 6.16 Å². The van der Waals surface area contributed by atoms with Crippen LogP contribution in [-0.2, 0) is 9.62 Å². The Hall–Kier alpha value is -2.19. The second-order valence-electron chi connectivity index (χ2n) is 5.72. The van der Waals surface area contributed by atoms with Crippen LogP contribution in [0.3, 0.4) is 0 Å². The van der Waals surface area contributed by atoms with Gasteiger partial charge in [0.1, 0.15) is 0 Å². The first-order valence-corrected chi connectivity index (χ1v) is 9.46. The second-order valence-corrected chi connectivity index (χ2v) is 6.24. The Kier molecular flexibility index (Phi) is 17.4. The van der Waals surface area contributed by atoms with Gasteiger partial charge in [0.05, 0.1) is 7.11 Å². The number of anilines is 1. The SMILES string of the molecule is CCCC.COC(O)(O)O.COO.O=C(Nc1cc(F)c(F)c(F)c1)c1cccc(S)c1. The lowest BCUT2D eigenvalue weighted by atomic mass is 10.2. The van der Waals surface area contributed by atoms with E-state index in [1.807, 2.05) is 0 Å². The van der Waals surface area contributed by atoms with Crippen molar-refractivity contribution in [1.82, 2.24) is 0 Å². The van der Waals surface area contributed by atoms with E-state index in [1.165, 1.54) is 32.1 Å². The lowest BCUT2D eigenvalue weighted by molar-refractivity contribution is -0.446. The summed E-state index contributed by atoms with van der Waals surface area (Å²) in [6.07, 6.45) is -0.319. The lowest BCUT2D eigenvalue weighted by Gasteiger charge is -2.07. The first-order valence-electron chi connectivity index (χ1n) is 9.01. The van der Waals surface area contributed by atoms with Gasteiger partial charge in [0.2, 0.25) is 0 Å². The highest BCUT2D eigenvalue weighted by Gasteiger charge is 2.14. The number of carbonyl (C=O) groups excluding carboxylic acids is 1. The van der Waals surface area contributed by atoms with Gasteiger partial charge in [-0.3, -0.25) is 10.1 Å². The molecule has 2 aromatic carbocycles. The Morgan fingerprint density at radius 1 is 1.03 bits per heavy atom. The van der Waals surface area contributed by atoms with Crippen LogP contribution in [0.1, 0.15) is 37.0 Å². The van der Waals surface area contributed by atoms with E-state index in [1.54, 1.807) is 12.1 Å². The number of carbonyl (C=O) groups is 1. The molecular formula is C20H28F3NO7S. The number of unbranched alkanes of at least 4 members (excludes halogenated alkanes) is 1. The van der Waals surface area contributed by atoms with Crippen molar-refractivity contribution in [3.8, 4) is 0 Å². The first-order chi connectivity index (χ1) is 14.9. The van der Waals surface area contributed by atoms with E-state index in [9.17, 15) is 18.0 Å². The fraction of sp³-hybridized carbons (Fsp3) is 0.350. The van der Waals surface area contributed by atoms with Crippen LogP contribution >= 0.6 is 12.6 Å². The molecule has 5 N–H and O–H groups in total. The summed E-state index contributed by atoms with van der Waals surface area (Å²) in [5.41, 5.74) is 0.114. The summed E-state index contributed by atoms with van der Waals surface area (Å²) < 4.78 is 42.3. The number of thiol groups is 1. The molecule has 0 saturated carbocycles. The number of ether oxygens (including phenoxy) is 1. The summed E-state index contributed by atoms with van der Waals surface area (Å²) in [6.45, 7) is 4.36. The largest absolute Gasteiger partial charge is 0.404 e. The molecule has 1 amide bonds. The molecular weight excluding hydrogens is 455 g/mol. The van der Waals surface area contributed by atoms with Gasteiger partial charge in [-0.05, 0) is 18.2 Å². The molecule has 0 heterocycles. The number of amides is 1. The molecule has 0 bridgehead atoms.